The van der Waals surface area contributed by atoms with Gasteiger partial charge in [0.2, 0.25) is 0 Å². The maximum Gasteiger partial charge on any atom is 0.257 e. The zero-order chi connectivity index (χ0) is 13.5. The third kappa shape index (κ3) is 4.71. The third-order valence-electron chi connectivity index (χ3n) is 2.15. The van der Waals surface area contributed by atoms with Crippen molar-refractivity contribution in [1.29, 1.82) is 0 Å². The molecule has 5 heteroatoms. The molecule has 1 rings (SSSR count). The lowest BCUT2D eigenvalue weighted by atomic mass is 10.2. The van der Waals surface area contributed by atoms with Crippen LogP contribution in [0.3, 0.4) is 0 Å². The van der Waals surface area contributed by atoms with Gasteiger partial charge in [-0.2, -0.15) is 0 Å². The average molecular weight is 266 g/mol. The second-order valence-electron chi connectivity index (χ2n) is 4.26. The van der Waals surface area contributed by atoms with Crippen LogP contribution in [0.25, 0.3) is 0 Å². The molecule has 18 heavy (non-hydrogen) atoms. The molecule has 2 N–H and O–H groups in total. The summed E-state index contributed by atoms with van der Waals surface area (Å²) in [5, 5.41) is 5.55. The summed E-state index contributed by atoms with van der Waals surface area (Å²) in [5.74, 6) is 1.00. The summed E-state index contributed by atoms with van der Waals surface area (Å²) in [7, 11) is 1.66. The van der Waals surface area contributed by atoms with Gasteiger partial charge >= 0.3 is 0 Å². The van der Waals surface area contributed by atoms with Crippen molar-refractivity contribution >= 4 is 23.2 Å². The standard InChI is InChI=1S/C13H18N2O2S/c1-9(2)8-17-11-6-4-10(5-7-11)12(16)15-13(18)14-3/h4-7,9H,8H2,1-3H3,(H2,14,15,16,18). The van der Waals surface area contributed by atoms with E-state index in [4.69, 9.17) is 17.0 Å². The van der Waals surface area contributed by atoms with Gasteiger partial charge in [-0.25, -0.2) is 0 Å². The van der Waals surface area contributed by atoms with Gasteiger partial charge in [0.25, 0.3) is 5.91 Å². The van der Waals surface area contributed by atoms with Crippen LogP contribution in [0.15, 0.2) is 24.3 Å². The van der Waals surface area contributed by atoms with E-state index in [0.29, 0.717) is 23.2 Å². The first-order chi connectivity index (χ1) is 8.52. The van der Waals surface area contributed by atoms with Crippen LogP contribution >= 0.6 is 12.2 Å². The Morgan fingerprint density at radius 2 is 1.94 bits per heavy atom. The van der Waals surface area contributed by atoms with Crippen LogP contribution in [-0.2, 0) is 0 Å². The van der Waals surface area contributed by atoms with Crippen LogP contribution in [0.5, 0.6) is 5.75 Å². The van der Waals surface area contributed by atoms with Gasteiger partial charge in [0.05, 0.1) is 6.61 Å². The van der Waals surface area contributed by atoms with Crippen LogP contribution in [0, 0.1) is 5.92 Å². The van der Waals surface area contributed by atoms with Gasteiger partial charge in [-0.15, -0.1) is 0 Å². The quantitative estimate of drug-likeness (QED) is 0.818. The summed E-state index contributed by atoms with van der Waals surface area (Å²) in [6.07, 6.45) is 0. The fraction of sp³-hybridized carbons (Fsp3) is 0.385. The van der Waals surface area contributed by atoms with Crippen molar-refractivity contribution in [3.05, 3.63) is 29.8 Å². The van der Waals surface area contributed by atoms with Crippen molar-refractivity contribution in [3.63, 3.8) is 0 Å². The van der Waals surface area contributed by atoms with Crippen molar-refractivity contribution in [1.82, 2.24) is 10.6 Å². The number of hydrogen-bond donors (Lipinski definition) is 2. The lowest BCUT2D eigenvalue weighted by molar-refractivity contribution is 0.0977. The van der Waals surface area contributed by atoms with Gasteiger partial charge in [0, 0.05) is 12.6 Å². The Morgan fingerprint density at radius 1 is 1.33 bits per heavy atom. The number of ether oxygens (including phenoxy) is 1. The summed E-state index contributed by atoms with van der Waals surface area (Å²) in [5.41, 5.74) is 0.546. The minimum Gasteiger partial charge on any atom is -0.493 e. The molecule has 0 aliphatic heterocycles. The third-order valence-corrected chi connectivity index (χ3v) is 2.46. The van der Waals surface area contributed by atoms with Crippen molar-refractivity contribution in [2.24, 2.45) is 5.92 Å². The fourth-order valence-electron chi connectivity index (χ4n) is 1.20. The molecule has 0 saturated heterocycles. The molecule has 0 atom stereocenters. The maximum absolute atomic E-state index is 11.7. The second-order valence-corrected chi connectivity index (χ2v) is 4.67. The molecule has 0 aliphatic rings. The molecule has 0 bridgehead atoms. The molecule has 0 aliphatic carbocycles. The minimum absolute atomic E-state index is 0.232. The summed E-state index contributed by atoms with van der Waals surface area (Å²) >= 11 is 4.86. The average Bonchev–Trinajstić information content (AvgIpc) is 2.36. The highest BCUT2D eigenvalue weighted by Crippen LogP contribution is 2.13. The maximum atomic E-state index is 11.7. The van der Waals surface area contributed by atoms with Gasteiger partial charge in [0.15, 0.2) is 5.11 Å². The van der Waals surface area contributed by atoms with Crippen molar-refractivity contribution < 1.29 is 9.53 Å². The molecule has 1 aromatic rings. The number of rotatable bonds is 4. The van der Waals surface area contributed by atoms with Crippen molar-refractivity contribution in [2.45, 2.75) is 13.8 Å². The molecule has 98 valence electrons. The van der Waals surface area contributed by atoms with E-state index < -0.39 is 0 Å². The van der Waals surface area contributed by atoms with Crippen LogP contribution in [0.2, 0.25) is 0 Å². The zero-order valence-electron chi connectivity index (χ0n) is 10.8. The highest BCUT2D eigenvalue weighted by molar-refractivity contribution is 7.80. The van der Waals surface area contributed by atoms with Crippen LogP contribution < -0.4 is 15.4 Å². The van der Waals surface area contributed by atoms with Crippen molar-refractivity contribution in [2.75, 3.05) is 13.7 Å². The number of benzene rings is 1. The van der Waals surface area contributed by atoms with E-state index in [1.807, 2.05) is 0 Å². The first kappa shape index (κ1) is 14.4. The lowest BCUT2D eigenvalue weighted by Gasteiger charge is -2.09. The summed E-state index contributed by atoms with van der Waals surface area (Å²) in [6, 6.07) is 6.98. The Bertz CT molecular complexity index is 416. The summed E-state index contributed by atoms with van der Waals surface area (Å²) < 4.78 is 5.53. The highest BCUT2D eigenvalue weighted by atomic mass is 32.1. The molecule has 0 radical (unpaired) electrons. The Kier molecular flexibility index (Phi) is 5.58. The Morgan fingerprint density at radius 3 is 2.44 bits per heavy atom. The number of hydrogen-bond acceptors (Lipinski definition) is 3. The van der Waals surface area contributed by atoms with E-state index in [0.717, 1.165) is 5.75 Å². The molecular weight excluding hydrogens is 248 g/mol. The predicted octanol–water partition coefficient (Wildman–Crippen LogP) is 1.96. The van der Waals surface area contributed by atoms with Crippen LogP contribution in [0.1, 0.15) is 24.2 Å². The Labute approximate surface area is 113 Å². The minimum atomic E-state index is -0.232. The SMILES string of the molecule is CNC(=S)NC(=O)c1ccc(OCC(C)C)cc1. The van der Waals surface area contributed by atoms with E-state index in [1.165, 1.54) is 0 Å². The normalized spacial score (nSPS) is 10.0. The predicted molar refractivity (Wildman–Crippen MR) is 75.9 cm³/mol. The molecule has 0 saturated carbocycles. The van der Waals surface area contributed by atoms with Gasteiger partial charge in [0.1, 0.15) is 5.75 Å². The number of nitrogens with one attached hydrogen (secondary N) is 2. The molecule has 1 aromatic carbocycles. The number of carbonyl (C=O) groups is 1. The number of thiocarbonyl (C=S) groups is 1. The largest absolute Gasteiger partial charge is 0.493 e. The molecular formula is C13H18N2O2S. The summed E-state index contributed by atoms with van der Waals surface area (Å²) in [4.78, 5) is 11.7. The molecule has 0 spiro atoms. The van der Waals surface area contributed by atoms with Gasteiger partial charge in [-0.3, -0.25) is 10.1 Å². The molecule has 0 heterocycles. The van der Waals surface area contributed by atoms with Crippen LogP contribution in [-0.4, -0.2) is 24.7 Å². The number of amides is 1. The van der Waals surface area contributed by atoms with E-state index in [-0.39, 0.29) is 5.91 Å². The fourth-order valence-corrected chi connectivity index (χ4v) is 1.30. The smallest absolute Gasteiger partial charge is 0.257 e. The van der Waals surface area contributed by atoms with E-state index in [1.54, 1.807) is 31.3 Å². The van der Waals surface area contributed by atoms with Gasteiger partial charge in [-0.1, -0.05) is 13.8 Å². The molecule has 4 nitrogen and oxygen atoms in total. The lowest BCUT2D eigenvalue weighted by Crippen LogP contribution is -2.37. The Hall–Kier alpha value is -1.62. The number of carbonyl (C=O) groups excluding carboxylic acids is 1. The van der Waals surface area contributed by atoms with Crippen molar-refractivity contribution in [3.8, 4) is 5.75 Å². The monoisotopic (exact) mass is 266 g/mol. The Balaban J connectivity index is 2.59. The van der Waals surface area contributed by atoms with E-state index in [2.05, 4.69) is 24.5 Å². The van der Waals surface area contributed by atoms with Crippen LogP contribution in [0.4, 0.5) is 0 Å². The van der Waals surface area contributed by atoms with E-state index in [9.17, 15) is 4.79 Å². The topological polar surface area (TPSA) is 50.4 Å². The highest BCUT2D eigenvalue weighted by Gasteiger charge is 2.07. The zero-order valence-corrected chi connectivity index (χ0v) is 11.6. The second kappa shape index (κ2) is 6.96. The van der Waals surface area contributed by atoms with Gasteiger partial charge < -0.3 is 10.1 Å². The first-order valence-electron chi connectivity index (χ1n) is 5.79. The molecule has 0 aromatic heterocycles. The van der Waals surface area contributed by atoms with Gasteiger partial charge in [-0.05, 0) is 42.4 Å². The molecule has 0 unspecified atom stereocenters. The van der Waals surface area contributed by atoms with E-state index >= 15 is 0 Å². The molecule has 0 fully saturated rings. The summed E-state index contributed by atoms with van der Waals surface area (Å²) in [6.45, 7) is 4.83. The molecule has 1 amide bonds. The first-order valence-corrected chi connectivity index (χ1v) is 6.19.